The molecule has 5 nitrogen and oxygen atoms in total. The van der Waals surface area contributed by atoms with E-state index in [1.807, 2.05) is 42.5 Å². The van der Waals surface area contributed by atoms with Crippen LogP contribution in [0.1, 0.15) is 44.7 Å². The standard InChI is InChI=1S/C37H42O5Si/c1-37(2,3)43(31-16-10-6-11-17-31,32-18-12-7-13-19-32)42-36-26-30(22-23-38)41-35(36)25-29-20-21-33(34(24-29)39-4)40-27-28-14-8-5-9-15-28/h5-21,23-24,30,35-36H,22,25-27H2,1-4H3/t30?,35-,36-/m1/s1. The highest BCUT2D eigenvalue weighted by Gasteiger charge is 2.53. The van der Waals surface area contributed by atoms with Gasteiger partial charge in [0.05, 0.1) is 25.4 Å². The fourth-order valence-electron chi connectivity index (χ4n) is 6.21. The number of hydrogen-bond acceptors (Lipinski definition) is 5. The van der Waals surface area contributed by atoms with E-state index in [9.17, 15) is 4.79 Å². The van der Waals surface area contributed by atoms with Crippen LogP contribution in [0.3, 0.4) is 0 Å². The predicted octanol–water partition coefficient (Wildman–Crippen LogP) is 6.51. The summed E-state index contributed by atoms with van der Waals surface area (Å²) in [5.41, 5.74) is 2.16. The molecular formula is C37H42O5Si. The van der Waals surface area contributed by atoms with Gasteiger partial charge in [-0.2, -0.15) is 0 Å². The lowest BCUT2D eigenvalue weighted by atomic mass is 10.0. The zero-order valence-electron chi connectivity index (χ0n) is 25.6. The summed E-state index contributed by atoms with van der Waals surface area (Å²) in [7, 11) is -1.15. The van der Waals surface area contributed by atoms with Gasteiger partial charge in [0.2, 0.25) is 0 Å². The van der Waals surface area contributed by atoms with Gasteiger partial charge in [-0.25, -0.2) is 0 Å². The van der Waals surface area contributed by atoms with Crippen LogP contribution >= 0.6 is 0 Å². The number of methoxy groups -OCH3 is 1. The SMILES string of the molecule is COc1cc(C[C@H]2OC(CC=O)C[C@H]2O[Si](c2ccccc2)(c2ccccc2)C(C)(C)C)ccc1OCc1ccccc1. The number of rotatable bonds is 12. The van der Waals surface area contributed by atoms with Gasteiger partial charge < -0.3 is 23.4 Å². The molecule has 4 aromatic rings. The molecule has 1 fully saturated rings. The maximum Gasteiger partial charge on any atom is 0.261 e. The van der Waals surface area contributed by atoms with Gasteiger partial charge in [-0.3, -0.25) is 0 Å². The van der Waals surface area contributed by atoms with Crippen LogP contribution in [0, 0.1) is 0 Å². The number of benzene rings is 4. The van der Waals surface area contributed by atoms with Crippen LogP contribution in [0.2, 0.25) is 5.04 Å². The van der Waals surface area contributed by atoms with Crippen molar-refractivity contribution in [1.29, 1.82) is 0 Å². The van der Waals surface area contributed by atoms with Gasteiger partial charge in [0.25, 0.3) is 8.32 Å². The number of carbonyl (C=O) groups excluding carboxylic acids is 1. The molecule has 0 aliphatic carbocycles. The summed E-state index contributed by atoms with van der Waals surface area (Å²) in [5, 5.41) is 2.30. The van der Waals surface area contributed by atoms with Gasteiger partial charge >= 0.3 is 0 Å². The van der Waals surface area contributed by atoms with Gasteiger partial charge in [-0.05, 0) is 38.7 Å². The first kappa shape index (κ1) is 30.7. The van der Waals surface area contributed by atoms with Crippen molar-refractivity contribution in [2.75, 3.05) is 7.11 Å². The predicted molar refractivity (Wildman–Crippen MR) is 174 cm³/mol. The Morgan fingerprint density at radius 3 is 1.98 bits per heavy atom. The van der Waals surface area contributed by atoms with E-state index < -0.39 is 8.32 Å². The minimum Gasteiger partial charge on any atom is -0.493 e. The first-order valence-electron chi connectivity index (χ1n) is 15.1. The molecule has 1 unspecified atom stereocenters. The maximum atomic E-state index is 11.6. The van der Waals surface area contributed by atoms with Crippen LogP contribution in [-0.2, 0) is 27.0 Å². The van der Waals surface area contributed by atoms with Gasteiger partial charge in [0.1, 0.15) is 12.9 Å². The Balaban J connectivity index is 1.45. The minimum atomic E-state index is -2.81. The molecule has 6 heteroatoms. The summed E-state index contributed by atoms with van der Waals surface area (Å²) in [6.07, 6.45) is 2.03. The summed E-state index contributed by atoms with van der Waals surface area (Å²) in [6.45, 7) is 7.31. The molecule has 0 bridgehead atoms. The van der Waals surface area contributed by atoms with Crippen molar-refractivity contribution in [3.63, 3.8) is 0 Å². The van der Waals surface area contributed by atoms with Crippen molar-refractivity contribution < 1.29 is 23.4 Å². The van der Waals surface area contributed by atoms with Gasteiger partial charge in [-0.1, -0.05) is 118 Å². The largest absolute Gasteiger partial charge is 0.493 e. The second kappa shape index (κ2) is 13.7. The fraction of sp³-hybridized carbons (Fsp3) is 0.324. The average molecular weight is 595 g/mol. The highest BCUT2D eigenvalue weighted by molar-refractivity contribution is 6.99. The molecule has 43 heavy (non-hydrogen) atoms. The van der Waals surface area contributed by atoms with Crippen LogP contribution in [0.15, 0.2) is 109 Å². The van der Waals surface area contributed by atoms with E-state index in [4.69, 9.17) is 18.6 Å². The molecule has 0 amide bonds. The molecule has 5 rings (SSSR count). The monoisotopic (exact) mass is 594 g/mol. The molecule has 1 heterocycles. The van der Waals surface area contributed by atoms with Crippen molar-refractivity contribution in [3.05, 3.63) is 120 Å². The van der Waals surface area contributed by atoms with Crippen molar-refractivity contribution in [1.82, 2.24) is 0 Å². The van der Waals surface area contributed by atoms with Gasteiger partial charge in [0.15, 0.2) is 11.5 Å². The topological polar surface area (TPSA) is 54.0 Å². The van der Waals surface area contributed by atoms with Crippen molar-refractivity contribution in [3.8, 4) is 11.5 Å². The summed E-state index contributed by atoms with van der Waals surface area (Å²) < 4.78 is 25.9. The Morgan fingerprint density at radius 2 is 1.42 bits per heavy atom. The second-order valence-corrected chi connectivity index (χ2v) is 16.5. The third kappa shape index (κ3) is 6.93. The molecule has 1 aliphatic heterocycles. The van der Waals surface area contributed by atoms with Crippen LogP contribution in [0.4, 0.5) is 0 Å². The highest BCUT2D eigenvalue weighted by Crippen LogP contribution is 2.41. The summed E-state index contributed by atoms with van der Waals surface area (Å²) in [6, 6.07) is 37.5. The first-order valence-corrected chi connectivity index (χ1v) is 17.0. The van der Waals surface area contributed by atoms with Crippen molar-refractivity contribution >= 4 is 25.0 Å². The minimum absolute atomic E-state index is 0.163. The van der Waals surface area contributed by atoms with Crippen LogP contribution in [0.5, 0.6) is 11.5 Å². The van der Waals surface area contributed by atoms with Crippen molar-refractivity contribution in [2.24, 2.45) is 0 Å². The Hall–Kier alpha value is -3.71. The van der Waals surface area contributed by atoms with E-state index in [0.717, 1.165) is 17.4 Å². The summed E-state index contributed by atoms with van der Waals surface area (Å²) in [4.78, 5) is 11.6. The third-order valence-electron chi connectivity index (χ3n) is 8.28. The normalized spacial score (nSPS) is 18.7. The molecule has 224 valence electrons. The summed E-state index contributed by atoms with van der Waals surface area (Å²) >= 11 is 0. The average Bonchev–Trinajstić information content (AvgIpc) is 3.40. The van der Waals surface area contributed by atoms with E-state index in [1.165, 1.54) is 10.4 Å². The van der Waals surface area contributed by atoms with E-state index in [-0.39, 0.29) is 23.4 Å². The smallest absolute Gasteiger partial charge is 0.261 e. The number of carbonyl (C=O) groups is 1. The van der Waals surface area contributed by atoms with E-state index in [0.29, 0.717) is 37.4 Å². The molecule has 1 aliphatic rings. The lowest BCUT2D eigenvalue weighted by Gasteiger charge is -2.45. The second-order valence-electron chi connectivity index (χ2n) is 12.2. The lowest BCUT2D eigenvalue weighted by Crippen LogP contribution is -2.68. The Bertz CT molecular complexity index is 1410. The van der Waals surface area contributed by atoms with Crippen molar-refractivity contribution in [2.45, 2.75) is 70.0 Å². The summed E-state index contributed by atoms with van der Waals surface area (Å²) in [5.74, 6) is 1.38. The quantitative estimate of drug-likeness (QED) is 0.138. The van der Waals surface area contributed by atoms with Crippen LogP contribution < -0.4 is 19.8 Å². The van der Waals surface area contributed by atoms with E-state index in [2.05, 4.69) is 87.5 Å². The fourth-order valence-corrected chi connectivity index (χ4v) is 10.9. The van der Waals surface area contributed by atoms with E-state index in [1.54, 1.807) is 7.11 Å². The number of hydrogen-bond donors (Lipinski definition) is 0. The highest BCUT2D eigenvalue weighted by atomic mass is 28.4. The maximum absolute atomic E-state index is 11.6. The zero-order chi connectivity index (χ0) is 30.3. The first-order chi connectivity index (χ1) is 20.8. The molecule has 3 atom stereocenters. The molecule has 4 aromatic carbocycles. The Labute approximate surface area is 256 Å². The number of ether oxygens (including phenoxy) is 3. The molecule has 0 saturated carbocycles. The number of aldehydes is 1. The van der Waals surface area contributed by atoms with E-state index >= 15 is 0 Å². The zero-order valence-corrected chi connectivity index (χ0v) is 26.6. The third-order valence-corrected chi connectivity index (χ3v) is 13.3. The van der Waals surface area contributed by atoms with Gasteiger partial charge in [-0.15, -0.1) is 0 Å². The molecular weight excluding hydrogens is 552 g/mol. The molecule has 0 spiro atoms. The molecule has 0 aromatic heterocycles. The molecule has 0 N–H and O–H groups in total. The Morgan fingerprint density at radius 1 is 0.814 bits per heavy atom. The Kier molecular flexibility index (Phi) is 9.81. The van der Waals surface area contributed by atoms with Crippen LogP contribution in [0.25, 0.3) is 0 Å². The van der Waals surface area contributed by atoms with Crippen LogP contribution in [-0.4, -0.2) is 40.0 Å². The lowest BCUT2D eigenvalue weighted by molar-refractivity contribution is -0.110. The molecule has 1 saturated heterocycles. The van der Waals surface area contributed by atoms with Gasteiger partial charge in [0, 0.05) is 19.3 Å². The molecule has 0 radical (unpaired) electrons.